The summed E-state index contributed by atoms with van der Waals surface area (Å²) in [6.45, 7) is 4.16. The van der Waals surface area contributed by atoms with Gasteiger partial charge in [0.05, 0.1) is 5.52 Å². The normalized spacial score (nSPS) is 15.5. The fourth-order valence-electron chi connectivity index (χ4n) is 2.85. The minimum Gasteiger partial charge on any atom is -0.347 e. The van der Waals surface area contributed by atoms with Crippen LogP contribution in [0.3, 0.4) is 0 Å². The largest absolute Gasteiger partial charge is 0.347 e. The Labute approximate surface area is 125 Å². The maximum atomic E-state index is 14.8. The highest BCUT2D eigenvalue weighted by atomic mass is 19.1. The molecule has 1 aromatic heterocycles. The first kappa shape index (κ1) is 14.5. The monoisotopic (exact) mass is 307 g/mol. The van der Waals surface area contributed by atoms with E-state index in [0.717, 1.165) is 4.90 Å². The fraction of sp³-hybridized carbons (Fsp3) is 0.333. The third kappa shape index (κ3) is 2.04. The van der Waals surface area contributed by atoms with Crippen molar-refractivity contribution < 1.29 is 18.4 Å². The zero-order valence-electron chi connectivity index (χ0n) is 12.2. The van der Waals surface area contributed by atoms with Crippen molar-refractivity contribution in [1.29, 1.82) is 0 Å². The Hall–Kier alpha value is -2.44. The first-order valence-corrected chi connectivity index (χ1v) is 7.02. The molecule has 116 valence electrons. The van der Waals surface area contributed by atoms with Crippen molar-refractivity contribution >= 4 is 28.5 Å². The Morgan fingerprint density at radius 2 is 2.05 bits per heavy atom. The van der Waals surface area contributed by atoms with E-state index in [4.69, 9.17) is 0 Å². The van der Waals surface area contributed by atoms with E-state index >= 15 is 0 Å². The number of aromatic nitrogens is 1. The van der Waals surface area contributed by atoms with Crippen molar-refractivity contribution in [2.45, 2.75) is 26.8 Å². The number of imide groups is 1. The van der Waals surface area contributed by atoms with Crippen molar-refractivity contribution in [2.75, 3.05) is 11.4 Å². The lowest BCUT2D eigenvalue weighted by molar-refractivity contribution is -0.120. The number of fused-ring (bicyclic) bond motifs is 1. The van der Waals surface area contributed by atoms with Gasteiger partial charge in [0.1, 0.15) is 5.69 Å². The average molecular weight is 307 g/mol. The van der Waals surface area contributed by atoms with Crippen molar-refractivity contribution in [3.8, 4) is 0 Å². The van der Waals surface area contributed by atoms with E-state index < -0.39 is 29.3 Å². The van der Waals surface area contributed by atoms with E-state index in [9.17, 15) is 18.4 Å². The number of nitrogens with zero attached hydrogens (tertiary/aromatic N) is 2. The molecule has 0 saturated carbocycles. The number of anilines is 1. The smallest absolute Gasteiger partial charge is 0.328 e. The number of nitrogens with one attached hydrogen (secondary N) is 1. The van der Waals surface area contributed by atoms with Gasteiger partial charge in [-0.15, -0.1) is 0 Å². The molecule has 1 saturated heterocycles. The molecule has 3 amide bonds. The van der Waals surface area contributed by atoms with Crippen LogP contribution in [-0.4, -0.2) is 23.1 Å². The molecule has 1 N–H and O–H groups in total. The van der Waals surface area contributed by atoms with E-state index in [2.05, 4.69) is 5.32 Å². The van der Waals surface area contributed by atoms with Gasteiger partial charge in [-0.3, -0.25) is 15.0 Å². The average Bonchev–Trinajstić information content (AvgIpc) is 2.77. The summed E-state index contributed by atoms with van der Waals surface area (Å²) in [5.41, 5.74) is 0.714. The number of carbonyl (C=O) groups excluding carboxylic acids is 2. The number of benzene rings is 1. The SMILES string of the molecule is CCn1cc(C)c2c(F)c(N3CCC(=O)NC3=O)c(F)cc21. The summed E-state index contributed by atoms with van der Waals surface area (Å²) in [6.07, 6.45) is 1.76. The standard InChI is InChI=1S/C15H15F2N3O2/c1-3-19-7-8(2)12-10(19)6-9(16)14(13(12)17)20-5-4-11(21)18-15(20)22/h6-7H,3-5H2,1-2H3,(H,18,21,22). The fourth-order valence-corrected chi connectivity index (χ4v) is 2.85. The van der Waals surface area contributed by atoms with Crippen molar-refractivity contribution in [1.82, 2.24) is 9.88 Å². The van der Waals surface area contributed by atoms with Crippen LogP contribution in [0.25, 0.3) is 10.9 Å². The lowest BCUT2D eigenvalue weighted by Crippen LogP contribution is -2.50. The van der Waals surface area contributed by atoms with Gasteiger partial charge in [-0.25, -0.2) is 13.6 Å². The predicted octanol–water partition coefficient (Wildman–Crippen LogP) is 2.69. The Morgan fingerprint density at radius 1 is 1.32 bits per heavy atom. The lowest BCUT2D eigenvalue weighted by Gasteiger charge is -2.27. The maximum Gasteiger partial charge on any atom is 0.328 e. The molecule has 0 radical (unpaired) electrons. The van der Waals surface area contributed by atoms with Crippen LogP contribution in [0.1, 0.15) is 18.9 Å². The minimum absolute atomic E-state index is 0.0115. The molecule has 2 heterocycles. The van der Waals surface area contributed by atoms with E-state index in [1.54, 1.807) is 17.7 Å². The van der Waals surface area contributed by atoms with Crippen LogP contribution in [0, 0.1) is 18.6 Å². The van der Waals surface area contributed by atoms with Crippen LogP contribution >= 0.6 is 0 Å². The minimum atomic E-state index is -0.817. The van der Waals surface area contributed by atoms with Gasteiger partial charge in [-0.2, -0.15) is 0 Å². The summed E-state index contributed by atoms with van der Waals surface area (Å²) in [6, 6.07) is 0.425. The third-order valence-corrected chi connectivity index (χ3v) is 3.89. The first-order valence-electron chi connectivity index (χ1n) is 7.02. The molecule has 1 aliphatic heterocycles. The molecule has 3 rings (SSSR count). The molecule has 22 heavy (non-hydrogen) atoms. The van der Waals surface area contributed by atoms with E-state index in [-0.39, 0.29) is 13.0 Å². The highest BCUT2D eigenvalue weighted by Gasteiger charge is 2.30. The molecular weight excluding hydrogens is 292 g/mol. The summed E-state index contributed by atoms with van der Waals surface area (Å²) in [5, 5.41) is 2.37. The first-order chi connectivity index (χ1) is 10.4. The Bertz CT molecular complexity index is 798. The van der Waals surface area contributed by atoms with Crippen LogP contribution < -0.4 is 10.2 Å². The summed E-state index contributed by atoms with van der Waals surface area (Å²) in [7, 11) is 0. The van der Waals surface area contributed by atoms with Crippen molar-refractivity contribution in [3.05, 3.63) is 29.5 Å². The topological polar surface area (TPSA) is 54.3 Å². The Morgan fingerprint density at radius 3 is 2.68 bits per heavy atom. The van der Waals surface area contributed by atoms with Gasteiger partial charge < -0.3 is 4.57 Å². The molecular formula is C15H15F2N3O2. The molecule has 7 heteroatoms. The van der Waals surface area contributed by atoms with Gasteiger partial charge in [-0.05, 0) is 19.4 Å². The molecule has 0 spiro atoms. The second kappa shape index (κ2) is 5.08. The summed E-state index contributed by atoms with van der Waals surface area (Å²) in [5.74, 6) is -2.04. The molecule has 2 aromatic rings. The second-order valence-corrected chi connectivity index (χ2v) is 5.27. The third-order valence-electron chi connectivity index (χ3n) is 3.89. The molecule has 0 atom stereocenters. The van der Waals surface area contributed by atoms with Gasteiger partial charge in [0.2, 0.25) is 5.91 Å². The van der Waals surface area contributed by atoms with Crippen molar-refractivity contribution in [2.24, 2.45) is 0 Å². The van der Waals surface area contributed by atoms with Gasteiger partial charge >= 0.3 is 6.03 Å². The Balaban J connectivity index is 2.20. The second-order valence-electron chi connectivity index (χ2n) is 5.27. The predicted molar refractivity (Wildman–Crippen MR) is 77.8 cm³/mol. The van der Waals surface area contributed by atoms with Gasteiger partial charge in [0, 0.05) is 37.2 Å². The zero-order chi connectivity index (χ0) is 16.0. The van der Waals surface area contributed by atoms with Crippen LogP contribution in [-0.2, 0) is 11.3 Å². The van der Waals surface area contributed by atoms with Crippen LogP contribution in [0.5, 0.6) is 0 Å². The van der Waals surface area contributed by atoms with E-state index in [1.807, 2.05) is 6.92 Å². The van der Waals surface area contributed by atoms with Gasteiger partial charge in [0.25, 0.3) is 0 Å². The number of hydrogen-bond acceptors (Lipinski definition) is 2. The molecule has 5 nitrogen and oxygen atoms in total. The van der Waals surface area contributed by atoms with Crippen LogP contribution in [0.4, 0.5) is 19.3 Å². The quantitative estimate of drug-likeness (QED) is 0.927. The highest BCUT2D eigenvalue weighted by molar-refractivity contribution is 6.06. The number of aryl methyl sites for hydroxylation is 2. The lowest BCUT2D eigenvalue weighted by atomic mass is 10.1. The van der Waals surface area contributed by atoms with E-state index in [0.29, 0.717) is 23.0 Å². The summed E-state index contributed by atoms with van der Waals surface area (Å²) in [4.78, 5) is 24.0. The highest BCUT2D eigenvalue weighted by Crippen LogP contribution is 2.34. The number of carbonyl (C=O) groups is 2. The van der Waals surface area contributed by atoms with Crippen LogP contribution in [0.15, 0.2) is 12.3 Å². The van der Waals surface area contributed by atoms with Gasteiger partial charge in [0.15, 0.2) is 11.6 Å². The molecule has 0 bridgehead atoms. The molecule has 0 aliphatic carbocycles. The van der Waals surface area contributed by atoms with Gasteiger partial charge in [-0.1, -0.05) is 0 Å². The van der Waals surface area contributed by atoms with E-state index in [1.165, 1.54) is 6.07 Å². The molecule has 1 fully saturated rings. The molecule has 1 aromatic carbocycles. The zero-order valence-corrected chi connectivity index (χ0v) is 12.2. The maximum absolute atomic E-state index is 14.8. The summed E-state index contributed by atoms with van der Waals surface area (Å²) < 4.78 is 31.0. The number of halogens is 2. The number of hydrogen-bond donors (Lipinski definition) is 1. The van der Waals surface area contributed by atoms with Crippen molar-refractivity contribution in [3.63, 3.8) is 0 Å². The number of rotatable bonds is 2. The molecule has 1 aliphatic rings. The Kier molecular flexibility index (Phi) is 3.35. The van der Waals surface area contributed by atoms with Crippen LogP contribution in [0.2, 0.25) is 0 Å². The molecule has 0 unspecified atom stereocenters. The number of urea groups is 1. The summed E-state index contributed by atoms with van der Waals surface area (Å²) >= 11 is 0. The number of amides is 3.